The number of hydrogen-bond donors (Lipinski definition) is 1. The minimum atomic E-state index is -0.0536. The largest absolute Gasteiger partial charge is 0.493 e. The van der Waals surface area contributed by atoms with Gasteiger partial charge in [-0.2, -0.15) is 0 Å². The molecule has 0 radical (unpaired) electrons. The van der Waals surface area contributed by atoms with Gasteiger partial charge in [-0.15, -0.1) is 24.0 Å². The maximum Gasteiger partial charge on any atom is 0.193 e. The highest BCUT2D eigenvalue weighted by atomic mass is 127. The minimum absolute atomic E-state index is 0. The van der Waals surface area contributed by atoms with Crippen LogP contribution in [0.4, 0.5) is 0 Å². The van der Waals surface area contributed by atoms with Crippen molar-refractivity contribution in [1.29, 1.82) is 0 Å². The van der Waals surface area contributed by atoms with E-state index in [2.05, 4.69) is 41.2 Å². The molecule has 1 saturated carbocycles. The quantitative estimate of drug-likeness (QED) is 0.372. The summed E-state index contributed by atoms with van der Waals surface area (Å²) in [6, 6.07) is 6.18. The third-order valence-electron chi connectivity index (χ3n) is 6.34. The molecule has 1 heterocycles. The van der Waals surface area contributed by atoms with Crippen LogP contribution >= 0.6 is 24.0 Å². The van der Waals surface area contributed by atoms with E-state index in [-0.39, 0.29) is 29.4 Å². The molecule has 0 bridgehead atoms. The number of likely N-dealkylation sites (tertiary alicyclic amines) is 1. The average molecular weight is 501 g/mol. The highest BCUT2D eigenvalue weighted by Gasteiger charge is 2.36. The van der Waals surface area contributed by atoms with E-state index in [4.69, 9.17) is 9.47 Å². The number of aliphatic imine (C=N–C) groups is 1. The number of methoxy groups -OCH3 is 2. The number of rotatable bonds is 5. The number of halogens is 1. The molecule has 0 aromatic heterocycles. The summed E-state index contributed by atoms with van der Waals surface area (Å²) in [7, 11) is 5.25. The van der Waals surface area contributed by atoms with E-state index in [9.17, 15) is 0 Å². The van der Waals surface area contributed by atoms with Crippen molar-refractivity contribution >= 4 is 29.9 Å². The van der Waals surface area contributed by atoms with Gasteiger partial charge in [0.05, 0.1) is 14.2 Å². The van der Waals surface area contributed by atoms with Crippen molar-refractivity contribution < 1.29 is 9.47 Å². The summed E-state index contributed by atoms with van der Waals surface area (Å²) >= 11 is 0. The van der Waals surface area contributed by atoms with Crippen LogP contribution in [0.15, 0.2) is 23.2 Å². The molecule has 0 amide bonds. The molecule has 6 heteroatoms. The lowest BCUT2D eigenvalue weighted by Gasteiger charge is -2.30. The molecule has 1 saturated heterocycles. The molecule has 1 aliphatic heterocycles. The van der Waals surface area contributed by atoms with Crippen LogP contribution in [-0.4, -0.2) is 51.8 Å². The van der Waals surface area contributed by atoms with Crippen LogP contribution < -0.4 is 14.8 Å². The number of guanidine groups is 1. The lowest BCUT2D eigenvalue weighted by atomic mass is 9.82. The third kappa shape index (κ3) is 5.05. The molecule has 1 N–H and O–H groups in total. The normalized spacial score (nSPS) is 22.3. The van der Waals surface area contributed by atoms with Crippen LogP contribution in [0.1, 0.15) is 45.1 Å². The van der Waals surface area contributed by atoms with E-state index in [0.717, 1.165) is 48.9 Å². The van der Waals surface area contributed by atoms with Crippen LogP contribution in [0.2, 0.25) is 0 Å². The number of hydrogen-bond acceptors (Lipinski definition) is 3. The van der Waals surface area contributed by atoms with Crippen molar-refractivity contribution in [1.82, 2.24) is 10.2 Å². The van der Waals surface area contributed by atoms with Gasteiger partial charge in [0.25, 0.3) is 0 Å². The summed E-state index contributed by atoms with van der Waals surface area (Å²) in [5, 5.41) is 3.63. The Morgan fingerprint density at radius 1 is 1.11 bits per heavy atom. The molecule has 0 spiro atoms. The van der Waals surface area contributed by atoms with Gasteiger partial charge in [0.1, 0.15) is 0 Å². The molecule has 2 aliphatic rings. The first-order valence-corrected chi connectivity index (χ1v) is 10.2. The van der Waals surface area contributed by atoms with E-state index in [1.807, 2.05) is 13.1 Å². The first kappa shape index (κ1) is 23.1. The standard InChI is InChI=1S/C22H35N3O2.HI/c1-22(2,18-10-11-19(26-4)20(12-18)27-5)15-24-21(23-3)25-13-16-8-6-7-9-17(16)14-25;/h10-12,16-17H,6-9,13-15H2,1-5H3,(H,23,24);1H. The molecule has 28 heavy (non-hydrogen) atoms. The monoisotopic (exact) mass is 501 g/mol. The predicted molar refractivity (Wildman–Crippen MR) is 126 cm³/mol. The molecule has 2 unspecified atom stereocenters. The summed E-state index contributed by atoms with van der Waals surface area (Å²) in [5.41, 5.74) is 1.17. The Bertz CT molecular complexity index is 664. The Hall–Kier alpha value is -1.18. The van der Waals surface area contributed by atoms with E-state index >= 15 is 0 Å². The zero-order valence-corrected chi connectivity index (χ0v) is 20.3. The van der Waals surface area contributed by atoms with Crippen molar-refractivity contribution in [2.45, 2.75) is 44.9 Å². The summed E-state index contributed by atoms with van der Waals surface area (Å²) in [5.74, 6) is 4.29. The second kappa shape index (κ2) is 10.0. The molecule has 5 nitrogen and oxygen atoms in total. The fourth-order valence-electron chi connectivity index (χ4n) is 4.57. The first-order valence-electron chi connectivity index (χ1n) is 10.2. The van der Waals surface area contributed by atoms with Crippen molar-refractivity contribution in [3.63, 3.8) is 0 Å². The molecule has 1 aromatic carbocycles. The van der Waals surface area contributed by atoms with Gasteiger partial charge in [-0.05, 0) is 42.4 Å². The predicted octanol–water partition coefficient (Wildman–Crippen LogP) is 4.30. The van der Waals surface area contributed by atoms with Gasteiger partial charge in [0, 0.05) is 32.1 Å². The third-order valence-corrected chi connectivity index (χ3v) is 6.34. The Balaban J connectivity index is 0.00000280. The summed E-state index contributed by atoms with van der Waals surface area (Å²) in [6.07, 6.45) is 5.56. The zero-order valence-electron chi connectivity index (χ0n) is 18.0. The maximum atomic E-state index is 5.48. The minimum Gasteiger partial charge on any atom is -0.493 e. The smallest absolute Gasteiger partial charge is 0.193 e. The highest BCUT2D eigenvalue weighted by molar-refractivity contribution is 14.0. The molecule has 1 aliphatic carbocycles. The molecule has 1 aromatic rings. The summed E-state index contributed by atoms with van der Waals surface area (Å²) in [6.45, 7) is 7.62. The number of nitrogens with one attached hydrogen (secondary N) is 1. The molecule has 2 atom stereocenters. The van der Waals surface area contributed by atoms with Gasteiger partial charge in [-0.1, -0.05) is 32.8 Å². The second-order valence-corrected chi connectivity index (χ2v) is 8.56. The molecule has 2 fully saturated rings. The Morgan fingerprint density at radius 3 is 2.25 bits per heavy atom. The van der Waals surface area contributed by atoms with Crippen molar-refractivity contribution in [3.8, 4) is 11.5 Å². The number of benzene rings is 1. The van der Waals surface area contributed by atoms with Crippen LogP contribution in [-0.2, 0) is 5.41 Å². The topological polar surface area (TPSA) is 46.1 Å². The van der Waals surface area contributed by atoms with Crippen LogP contribution in [0, 0.1) is 11.8 Å². The van der Waals surface area contributed by atoms with Crippen molar-refractivity contribution in [2.75, 3.05) is 40.9 Å². The lowest BCUT2D eigenvalue weighted by Crippen LogP contribution is -2.45. The first-order chi connectivity index (χ1) is 13.0. The Morgan fingerprint density at radius 2 is 1.71 bits per heavy atom. The van der Waals surface area contributed by atoms with E-state index in [0.29, 0.717) is 0 Å². The summed E-state index contributed by atoms with van der Waals surface area (Å²) < 4.78 is 10.8. The van der Waals surface area contributed by atoms with Gasteiger partial charge in [-0.3, -0.25) is 4.99 Å². The number of ether oxygens (including phenoxy) is 2. The van der Waals surface area contributed by atoms with Gasteiger partial charge >= 0.3 is 0 Å². The van der Waals surface area contributed by atoms with Gasteiger partial charge < -0.3 is 19.7 Å². The van der Waals surface area contributed by atoms with Crippen LogP contribution in [0.25, 0.3) is 0 Å². The molecule has 158 valence electrons. The van der Waals surface area contributed by atoms with E-state index < -0.39 is 0 Å². The Labute approximate surface area is 187 Å². The molecule has 3 rings (SSSR count). The fourth-order valence-corrected chi connectivity index (χ4v) is 4.57. The average Bonchev–Trinajstić information content (AvgIpc) is 3.11. The lowest BCUT2D eigenvalue weighted by molar-refractivity contribution is 0.299. The van der Waals surface area contributed by atoms with Crippen LogP contribution in [0.3, 0.4) is 0 Å². The second-order valence-electron chi connectivity index (χ2n) is 8.56. The number of nitrogens with zero attached hydrogens (tertiary/aromatic N) is 2. The maximum absolute atomic E-state index is 5.48. The van der Waals surface area contributed by atoms with Crippen molar-refractivity contribution in [2.24, 2.45) is 16.8 Å². The van der Waals surface area contributed by atoms with Gasteiger partial charge in [0.15, 0.2) is 17.5 Å². The zero-order chi connectivity index (χ0) is 19.4. The molecular weight excluding hydrogens is 465 g/mol. The SMILES string of the molecule is CN=C(NCC(C)(C)c1ccc(OC)c(OC)c1)N1CC2CCCCC2C1.I. The van der Waals surface area contributed by atoms with E-state index in [1.54, 1.807) is 14.2 Å². The fraction of sp³-hybridized carbons (Fsp3) is 0.682. The van der Waals surface area contributed by atoms with Gasteiger partial charge in [0.2, 0.25) is 0 Å². The number of fused-ring (bicyclic) bond motifs is 1. The summed E-state index contributed by atoms with van der Waals surface area (Å²) in [4.78, 5) is 7.04. The van der Waals surface area contributed by atoms with Gasteiger partial charge in [-0.25, -0.2) is 0 Å². The van der Waals surface area contributed by atoms with Crippen LogP contribution in [0.5, 0.6) is 11.5 Å². The van der Waals surface area contributed by atoms with Crippen molar-refractivity contribution in [3.05, 3.63) is 23.8 Å². The molecular formula is C22H36IN3O2. The highest BCUT2D eigenvalue weighted by Crippen LogP contribution is 2.36. The van der Waals surface area contributed by atoms with E-state index in [1.165, 1.54) is 31.2 Å². The Kier molecular flexibility index (Phi) is 8.28.